The number of methoxy groups -OCH3 is 1. The van der Waals surface area contributed by atoms with Crippen molar-refractivity contribution in [3.8, 4) is 0 Å². The van der Waals surface area contributed by atoms with E-state index in [2.05, 4.69) is 5.32 Å². The number of anilines is 1. The lowest BCUT2D eigenvalue weighted by Crippen LogP contribution is -2.24. The van der Waals surface area contributed by atoms with Crippen molar-refractivity contribution in [1.82, 2.24) is 0 Å². The first-order chi connectivity index (χ1) is 8.45. The van der Waals surface area contributed by atoms with Gasteiger partial charge in [0.15, 0.2) is 0 Å². The highest BCUT2D eigenvalue weighted by atomic mass is 35.5. The van der Waals surface area contributed by atoms with E-state index in [1.165, 1.54) is 19.2 Å². The van der Waals surface area contributed by atoms with E-state index in [-0.39, 0.29) is 28.9 Å². The zero-order valence-corrected chi connectivity index (χ0v) is 11.0. The summed E-state index contributed by atoms with van der Waals surface area (Å²) in [6.45, 7) is 0.334. The van der Waals surface area contributed by atoms with Gasteiger partial charge in [-0.3, -0.25) is 10.1 Å². The van der Waals surface area contributed by atoms with Gasteiger partial charge in [-0.2, -0.15) is 0 Å². The Bertz CT molecular complexity index is 419. The van der Waals surface area contributed by atoms with Crippen LogP contribution in [-0.2, 0) is 4.74 Å². The van der Waals surface area contributed by atoms with Gasteiger partial charge in [-0.05, 0) is 0 Å². The molecule has 0 heterocycles. The molecule has 0 saturated heterocycles. The van der Waals surface area contributed by atoms with Gasteiger partial charge in [-0.1, -0.05) is 23.2 Å². The van der Waals surface area contributed by atoms with E-state index in [1.54, 1.807) is 0 Å². The molecule has 0 spiro atoms. The third-order valence-corrected chi connectivity index (χ3v) is 2.71. The van der Waals surface area contributed by atoms with Gasteiger partial charge in [0, 0.05) is 25.8 Å². The average molecular weight is 295 g/mol. The summed E-state index contributed by atoms with van der Waals surface area (Å²) in [5.41, 5.74) is 0.159. The topological polar surface area (TPSA) is 84.6 Å². The van der Waals surface area contributed by atoms with Crippen LogP contribution in [0.3, 0.4) is 0 Å². The number of aliphatic hydroxyl groups is 1. The van der Waals surface area contributed by atoms with Crippen molar-refractivity contribution in [3.05, 3.63) is 32.3 Å². The molecule has 1 aromatic rings. The number of halogens is 2. The highest BCUT2D eigenvalue weighted by molar-refractivity contribution is 6.39. The number of nitrogens with zero attached hydrogens (tertiary/aromatic N) is 1. The number of rotatable bonds is 6. The lowest BCUT2D eigenvalue weighted by Gasteiger charge is -2.14. The second-order valence-corrected chi connectivity index (χ2v) is 4.35. The first-order valence-corrected chi connectivity index (χ1v) is 5.75. The Hall–Kier alpha value is -1.08. The van der Waals surface area contributed by atoms with Gasteiger partial charge in [0.05, 0.1) is 33.4 Å². The molecule has 1 atom stereocenters. The molecule has 1 unspecified atom stereocenters. The Labute approximate surface area is 114 Å². The minimum Gasteiger partial charge on any atom is -0.389 e. The smallest absolute Gasteiger partial charge is 0.272 e. The number of nitro benzene ring substituents is 1. The maximum atomic E-state index is 10.6. The van der Waals surface area contributed by atoms with Crippen molar-refractivity contribution in [2.24, 2.45) is 0 Å². The van der Waals surface area contributed by atoms with E-state index < -0.39 is 11.0 Å². The van der Waals surface area contributed by atoms with Crippen LogP contribution < -0.4 is 5.32 Å². The van der Waals surface area contributed by atoms with Crippen LogP contribution in [0.15, 0.2) is 12.1 Å². The Morgan fingerprint density at radius 2 is 2.06 bits per heavy atom. The van der Waals surface area contributed by atoms with Crippen LogP contribution in [0.4, 0.5) is 11.4 Å². The molecule has 0 aliphatic rings. The molecule has 2 N–H and O–H groups in total. The van der Waals surface area contributed by atoms with Gasteiger partial charge in [0.2, 0.25) is 0 Å². The molecule has 0 bridgehead atoms. The molecular formula is C10H12Cl2N2O4. The molecule has 0 fully saturated rings. The third-order valence-electron chi connectivity index (χ3n) is 2.11. The monoisotopic (exact) mass is 294 g/mol. The number of hydrogen-bond donors (Lipinski definition) is 2. The van der Waals surface area contributed by atoms with Crippen LogP contribution in [0.25, 0.3) is 0 Å². The third kappa shape index (κ3) is 3.99. The number of aliphatic hydroxyl groups excluding tert-OH is 1. The van der Waals surface area contributed by atoms with Crippen molar-refractivity contribution < 1.29 is 14.8 Å². The number of nitrogens with one attached hydrogen (secondary N) is 1. The van der Waals surface area contributed by atoms with Crippen LogP contribution >= 0.6 is 23.2 Å². The van der Waals surface area contributed by atoms with Crippen molar-refractivity contribution in [3.63, 3.8) is 0 Å². The molecule has 0 saturated carbocycles. The summed E-state index contributed by atoms with van der Waals surface area (Å²) >= 11 is 11.7. The Morgan fingerprint density at radius 3 is 2.50 bits per heavy atom. The van der Waals surface area contributed by atoms with E-state index in [0.29, 0.717) is 5.69 Å². The molecule has 0 aliphatic carbocycles. The van der Waals surface area contributed by atoms with Crippen LogP contribution in [0, 0.1) is 10.1 Å². The van der Waals surface area contributed by atoms with E-state index in [0.717, 1.165) is 0 Å². The molecule has 0 aliphatic heterocycles. The van der Waals surface area contributed by atoms with Gasteiger partial charge in [-0.25, -0.2) is 0 Å². The number of nitro groups is 1. The zero-order chi connectivity index (χ0) is 13.7. The van der Waals surface area contributed by atoms with Crippen LogP contribution in [0.5, 0.6) is 0 Å². The van der Waals surface area contributed by atoms with Gasteiger partial charge in [0.25, 0.3) is 5.69 Å². The van der Waals surface area contributed by atoms with E-state index in [1.807, 2.05) is 0 Å². The van der Waals surface area contributed by atoms with E-state index in [9.17, 15) is 15.2 Å². The first kappa shape index (κ1) is 15.0. The zero-order valence-electron chi connectivity index (χ0n) is 9.52. The fourth-order valence-corrected chi connectivity index (χ4v) is 1.91. The average Bonchev–Trinajstić information content (AvgIpc) is 2.27. The minimum absolute atomic E-state index is 0.124. The largest absolute Gasteiger partial charge is 0.389 e. The van der Waals surface area contributed by atoms with Crippen LogP contribution in [0.2, 0.25) is 10.0 Å². The Balaban J connectivity index is 2.81. The van der Waals surface area contributed by atoms with Crippen molar-refractivity contribution in [2.75, 3.05) is 25.6 Å². The standard InChI is InChI=1S/C10H12Cl2N2O4/c1-18-5-7(15)4-13-10-8(11)2-6(14(16)17)3-9(10)12/h2-3,7,13,15H,4-5H2,1H3. The Morgan fingerprint density at radius 1 is 1.50 bits per heavy atom. The van der Waals surface area contributed by atoms with Gasteiger partial charge in [-0.15, -0.1) is 0 Å². The summed E-state index contributed by atoms with van der Waals surface area (Å²) in [6.07, 6.45) is -0.725. The summed E-state index contributed by atoms with van der Waals surface area (Å²) in [7, 11) is 1.47. The second kappa shape index (κ2) is 6.75. The lowest BCUT2D eigenvalue weighted by atomic mass is 10.2. The molecule has 1 rings (SSSR count). The van der Waals surface area contributed by atoms with E-state index in [4.69, 9.17) is 27.9 Å². The number of benzene rings is 1. The molecule has 18 heavy (non-hydrogen) atoms. The van der Waals surface area contributed by atoms with Crippen molar-refractivity contribution in [1.29, 1.82) is 0 Å². The van der Waals surface area contributed by atoms with Crippen molar-refractivity contribution in [2.45, 2.75) is 6.10 Å². The SMILES string of the molecule is COCC(O)CNc1c(Cl)cc([N+](=O)[O-])cc1Cl. The molecular weight excluding hydrogens is 283 g/mol. The predicted octanol–water partition coefficient (Wildman–Crippen LogP) is 2.32. The lowest BCUT2D eigenvalue weighted by molar-refractivity contribution is -0.384. The number of hydrogen-bond acceptors (Lipinski definition) is 5. The number of non-ortho nitro benzene ring substituents is 1. The fraction of sp³-hybridized carbons (Fsp3) is 0.400. The maximum Gasteiger partial charge on any atom is 0.272 e. The van der Waals surface area contributed by atoms with Crippen LogP contribution in [-0.4, -0.2) is 36.4 Å². The maximum absolute atomic E-state index is 10.6. The quantitative estimate of drug-likeness (QED) is 0.621. The molecule has 8 heteroatoms. The van der Waals surface area contributed by atoms with Crippen molar-refractivity contribution >= 4 is 34.6 Å². The first-order valence-electron chi connectivity index (χ1n) is 5.00. The summed E-state index contributed by atoms with van der Waals surface area (Å²) in [6, 6.07) is 2.39. The minimum atomic E-state index is -0.725. The summed E-state index contributed by atoms with van der Waals surface area (Å²) in [5, 5.41) is 23.1. The molecule has 0 radical (unpaired) electrons. The highest BCUT2D eigenvalue weighted by Gasteiger charge is 2.15. The molecule has 6 nitrogen and oxygen atoms in total. The number of ether oxygens (including phenoxy) is 1. The molecule has 0 amide bonds. The van der Waals surface area contributed by atoms with Crippen LogP contribution in [0.1, 0.15) is 0 Å². The highest BCUT2D eigenvalue weighted by Crippen LogP contribution is 2.34. The fourth-order valence-electron chi connectivity index (χ4n) is 1.31. The summed E-state index contributed by atoms with van der Waals surface area (Å²) < 4.78 is 4.76. The predicted molar refractivity (Wildman–Crippen MR) is 69.5 cm³/mol. The summed E-state index contributed by atoms with van der Waals surface area (Å²) in [4.78, 5) is 10.00. The Kier molecular flexibility index (Phi) is 5.61. The molecule has 100 valence electrons. The normalized spacial score (nSPS) is 12.2. The van der Waals surface area contributed by atoms with Gasteiger partial charge >= 0.3 is 0 Å². The molecule has 1 aromatic carbocycles. The van der Waals surface area contributed by atoms with Gasteiger partial charge in [0.1, 0.15) is 0 Å². The van der Waals surface area contributed by atoms with Gasteiger partial charge < -0.3 is 15.2 Å². The molecule has 0 aromatic heterocycles. The second-order valence-electron chi connectivity index (χ2n) is 3.53. The van der Waals surface area contributed by atoms with E-state index >= 15 is 0 Å². The summed E-state index contributed by atoms with van der Waals surface area (Å²) in [5.74, 6) is 0.